The number of hydrogen-bond donors (Lipinski definition) is 2. The maximum absolute atomic E-state index is 13.1. The minimum atomic E-state index is -1.33. The second-order valence-electron chi connectivity index (χ2n) is 11.9. The van der Waals surface area contributed by atoms with Gasteiger partial charge in [0, 0.05) is 24.5 Å². The Balaban J connectivity index is 1.51. The number of esters is 2. The average Bonchev–Trinajstić information content (AvgIpc) is 3.65. The summed E-state index contributed by atoms with van der Waals surface area (Å²) in [4.78, 5) is 26.0. The molecule has 2 spiro atoms. The van der Waals surface area contributed by atoms with E-state index in [4.69, 9.17) is 23.7 Å². The highest BCUT2D eigenvalue weighted by Crippen LogP contribution is 2.72. The van der Waals surface area contributed by atoms with Gasteiger partial charge in [0.25, 0.3) is 0 Å². The Hall–Kier alpha value is -2.04. The molecule has 210 valence electrons. The molecular weight excluding hydrogens is 492 g/mol. The molecule has 5 rings (SSSR count). The molecule has 5 aliphatic rings. The summed E-state index contributed by atoms with van der Waals surface area (Å²) in [6.45, 7) is 8.27. The predicted octanol–water partition coefficient (Wildman–Crippen LogP) is 2.39. The van der Waals surface area contributed by atoms with Crippen molar-refractivity contribution in [3.05, 3.63) is 36.0 Å². The number of cyclic esters (lactones) is 1. The number of allylic oxidation sites excluding steroid dienone is 3. The van der Waals surface area contributed by atoms with Gasteiger partial charge < -0.3 is 33.9 Å². The molecule has 1 saturated carbocycles. The van der Waals surface area contributed by atoms with Crippen molar-refractivity contribution < 1.29 is 43.5 Å². The maximum Gasteiger partial charge on any atom is 0.335 e. The highest BCUT2D eigenvalue weighted by Gasteiger charge is 2.83. The molecule has 10 unspecified atom stereocenters. The molecule has 2 N–H and O–H groups in total. The summed E-state index contributed by atoms with van der Waals surface area (Å²) in [5, 5.41) is 20.8. The van der Waals surface area contributed by atoms with Gasteiger partial charge in [0.1, 0.15) is 24.4 Å². The normalized spacial score (nSPS) is 48.0. The first-order valence-electron chi connectivity index (χ1n) is 13.7. The van der Waals surface area contributed by atoms with Crippen molar-refractivity contribution in [2.75, 3.05) is 19.8 Å². The second kappa shape index (κ2) is 10.2. The third-order valence-corrected chi connectivity index (χ3v) is 9.73. The standard InChI is InChI=1S/C29H40O9/c1-17-9-11-28-15-35-26(33)25(32)18(2)10-12-34-20(19(3)30)7-5-6-8-24(31)38-21-14-23(37-22(28)13-17)29(16-36-29)27(21,28)4/h5-8,13,18-23,25,30,32H,9-12,14-16H2,1-4H3/b7-5+,8-6+. The van der Waals surface area contributed by atoms with Crippen LogP contribution in [0.3, 0.4) is 0 Å². The Kier molecular flexibility index (Phi) is 7.37. The summed E-state index contributed by atoms with van der Waals surface area (Å²) in [5.41, 5.74) is -0.771. The molecule has 0 aromatic carbocycles. The summed E-state index contributed by atoms with van der Waals surface area (Å²) in [5.74, 6) is -1.60. The summed E-state index contributed by atoms with van der Waals surface area (Å²) < 4.78 is 30.4. The SMILES string of the molecule is CC1=CC2OC3CC4OC(=O)/C=C/C=C/C(C(C)O)OCCC(C)C(O)C(=O)OCC2(CC1)C4(C)C31CO1. The van der Waals surface area contributed by atoms with Gasteiger partial charge >= 0.3 is 11.9 Å². The molecule has 0 radical (unpaired) electrons. The minimum Gasteiger partial charge on any atom is -0.463 e. The van der Waals surface area contributed by atoms with Gasteiger partial charge in [-0.15, -0.1) is 0 Å². The highest BCUT2D eigenvalue weighted by molar-refractivity contribution is 5.82. The van der Waals surface area contributed by atoms with E-state index in [0.717, 1.165) is 6.42 Å². The number of hydrogen-bond acceptors (Lipinski definition) is 9. The van der Waals surface area contributed by atoms with Crippen molar-refractivity contribution in [3.63, 3.8) is 0 Å². The third kappa shape index (κ3) is 4.36. The van der Waals surface area contributed by atoms with Crippen LogP contribution in [0.2, 0.25) is 0 Å². The number of rotatable bonds is 1. The van der Waals surface area contributed by atoms with E-state index >= 15 is 0 Å². The fraction of sp³-hybridized carbons (Fsp3) is 0.724. The molecule has 3 heterocycles. The zero-order valence-corrected chi connectivity index (χ0v) is 22.6. The average molecular weight is 533 g/mol. The van der Waals surface area contributed by atoms with Gasteiger partial charge in [0.15, 0.2) is 6.10 Å². The summed E-state index contributed by atoms with van der Waals surface area (Å²) in [7, 11) is 0. The van der Waals surface area contributed by atoms with Crippen LogP contribution in [0.15, 0.2) is 36.0 Å². The van der Waals surface area contributed by atoms with Crippen LogP contribution in [-0.2, 0) is 33.3 Å². The van der Waals surface area contributed by atoms with Crippen molar-refractivity contribution in [1.29, 1.82) is 0 Å². The number of aliphatic hydroxyl groups is 2. The molecule has 3 fully saturated rings. The Morgan fingerprint density at radius 3 is 2.63 bits per heavy atom. The smallest absolute Gasteiger partial charge is 0.335 e. The van der Waals surface area contributed by atoms with Crippen LogP contribution in [0.25, 0.3) is 0 Å². The fourth-order valence-corrected chi connectivity index (χ4v) is 7.04. The predicted molar refractivity (Wildman–Crippen MR) is 136 cm³/mol. The van der Waals surface area contributed by atoms with Gasteiger partial charge in [0.2, 0.25) is 0 Å². The number of epoxide rings is 1. The summed E-state index contributed by atoms with van der Waals surface area (Å²) in [6.07, 6.45) is 6.89. The first-order valence-corrected chi connectivity index (χ1v) is 13.7. The van der Waals surface area contributed by atoms with Gasteiger partial charge in [-0.3, -0.25) is 0 Å². The van der Waals surface area contributed by atoms with E-state index in [1.807, 2.05) is 0 Å². The summed E-state index contributed by atoms with van der Waals surface area (Å²) in [6, 6.07) is 0. The van der Waals surface area contributed by atoms with Crippen molar-refractivity contribution in [1.82, 2.24) is 0 Å². The van der Waals surface area contributed by atoms with E-state index in [9.17, 15) is 19.8 Å². The molecule has 2 bridgehead atoms. The van der Waals surface area contributed by atoms with Gasteiger partial charge in [0.05, 0.1) is 30.3 Å². The van der Waals surface area contributed by atoms with Gasteiger partial charge in [-0.2, -0.15) is 0 Å². The van der Waals surface area contributed by atoms with Crippen molar-refractivity contribution in [2.45, 2.75) is 95.6 Å². The van der Waals surface area contributed by atoms with Crippen LogP contribution >= 0.6 is 0 Å². The first-order chi connectivity index (χ1) is 18.0. The minimum absolute atomic E-state index is 0.0195. The first kappa shape index (κ1) is 27.5. The Labute approximate surface area is 223 Å². The van der Waals surface area contributed by atoms with Crippen LogP contribution in [0.4, 0.5) is 0 Å². The molecule has 9 heteroatoms. The zero-order chi connectivity index (χ0) is 27.3. The zero-order valence-electron chi connectivity index (χ0n) is 22.6. The molecule has 3 aliphatic heterocycles. The fourth-order valence-electron chi connectivity index (χ4n) is 7.04. The molecule has 0 aromatic heterocycles. The molecule has 10 atom stereocenters. The number of carbonyl (C=O) groups excluding carboxylic acids is 2. The highest BCUT2D eigenvalue weighted by atomic mass is 16.6. The van der Waals surface area contributed by atoms with Crippen LogP contribution in [0, 0.1) is 16.7 Å². The van der Waals surface area contributed by atoms with Crippen LogP contribution in [0.1, 0.15) is 53.4 Å². The molecule has 0 aromatic rings. The number of aliphatic hydroxyl groups excluding tert-OH is 2. The Morgan fingerprint density at radius 1 is 1.16 bits per heavy atom. The van der Waals surface area contributed by atoms with E-state index in [0.29, 0.717) is 25.9 Å². The van der Waals surface area contributed by atoms with Crippen LogP contribution < -0.4 is 0 Å². The summed E-state index contributed by atoms with van der Waals surface area (Å²) >= 11 is 0. The van der Waals surface area contributed by atoms with Gasteiger partial charge in [-0.05, 0) is 39.0 Å². The molecule has 2 saturated heterocycles. The van der Waals surface area contributed by atoms with E-state index in [-0.39, 0.29) is 25.4 Å². The second-order valence-corrected chi connectivity index (χ2v) is 11.9. The van der Waals surface area contributed by atoms with Crippen molar-refractivity contribution in [3.8, 4) is 0 Å². The van der Waals surface area contributed by atoms with E-state index < -0.39 is 58.7 Å². The van der Waals surface area contributed by atoms with E-state index in [2.05, 4.69) is 19.9 Å². The Morgan fingerprint density at radius 2 is 1.92 bits per heavy atom. The lowest BCUT2D eigenvalue weighted by molar-refractivity contribution is -0.234. The van der Waals surface area contributed by atoms with E-state index in [1.54, 1.807) is 32.1 Å². The van der Waals surface area contributed by atoms with Gasteiger partial charge in [-0.1, -0.05) is 43.7 Å². The van der Waals surface area contributed by atoms with Crippen LogP contribution in [-0.4, -0.2) is 84.2 Å². The van der Waals surface area contributed by atoms with Crippen molar-refractivity contribution in [2.24, 2.45) is 16.7 Å². The quantitative estimate of drug-likeness (QED) is 0.298. The lowest BCUT2D eigenvalue weighted by atomic mass is 9.51. The lowest BCUT2D eigenvalue weighted by Crippen LogP contribution is -2.66. The largest absolute Gasteiger partial charge is 0.463 e. The lowest BCUT2D eigenvalue weighted by Gasteiger charge is -2.58. The maximum atomic E-state index is 13.1. The molecule has 9 nitrogen and oxygen atoms in total. The third-order valence-electron chi connectivity index (χ3n) is 9.73. The van der Waals surface area contributed by atoms with Gasteiger partial charge in [-0.25, -0.2) is 9.59 Å². The number of ether oxygens (including phenoxy) is 5. The molecule has 2 aliphatic carbocycles. The molecule has 38 heavy (non-hydrogen) atoms. The van der Waals surface area contributed by atoms with Crippen molar-refractivity contribution >= 4 is 11.9 Å². The van der Waals surface area contributed by atoms with E-state index in [1.165, 1.54) is 11.6 Å². The van der Waals surface area contributed by atoms with Crippen LogP contribution in [0.5, 0.6) is 0 Å². The molecular formula is C29H40O9. The monoisotopic (exact) mass is 532 g/mol. The Bertz CT molecular complexity index is 1030. The topological polar surface area (TPSA) is 124 Å². The number of carbonyl (C=O) groups is 2. The molecule has 0 amide bonds.